The number of carbonyl (C=O) groups excluding carboxylic acids is 4. The summed E-state index contributed by atoms with van der Waals surface area (Å²) in [7, 11) is 3.97. The van der Waals surface area contributed by atoms with E-state index in [9.17, 15) is 24.4 Å². The molecule has 0 unspecified atom stereocenters. The smallest absolute Gasteiger partial charge is 0.337 e. The van der Waals surface area contributed by atoms with E-state index in [2.05, 4.69) is 16.7 Å². The first kappa shape index (κ1) is 27.3. The van der Waals surface area contributed by atoms with Gasteiger partial charge in [-0.15, -0.1) is 0 Å². The lowest BCUT2D eigenvalue weighted by atomic mass is 9.78. The monoisotopic (exact) mass is 523 g/mol. The van der Waals surface area contributed by atoms with Crippen molar-refractivity contribution >= 4 is 35.5 Å². The number of methoxy groups -OCH3 is 3. The second-order valence-corrected chi connectivity index (χ2v) is 8.84. The van der Waals surface area contributed by atoms with Crippen LogP contribution in [0.15, 0.2) is 59.1 Å². The van der Waals surface area contributed by atoms with Gasteiger partial charge in [0.25, 0.3) is 0 Å². The molecule has 2 aromatic carbocycles. The van der Waals surface area contributed by atoms with Crippen molar-refractivity contribution in [3.8, 4) is 11.8 Å². The highest BCUT2D eigenvalue weighted by atomic mass is 32.2. The molecule has 3 rings (SSSR count). The second kappa shape index (κ2) is 12.6. The van der Waals surface area contributed by atoms with Crippen LogP contribution in [-0.2, 0) is 30.4 Å². The Morgan fingerprint density at radius 1 is 1.03 bits per heavy atom. The summed E-state index contributed by atoms with van der Waals surface area (Å²) in [5, 5.41) is 15.5. The molecule has 1 heterocycles. The molecule has 0 radical (unpaired) electrons. The SMILES string of the molecule is COC(=O)c1ccc([C@@H]2C(C#N)=C(SCC(=O)NCc3ccc(OC)cc3)NC(=O)[C@H]2C(=O)OC)cc1. The summed E-state index contributed by atoms with van der Waals surface area (Å²) in [5.74, 6) is -4.00. The van der Waals surface area contributed by atoms with E-state index in [1.165, 1.54) is 19.2 Å². The maximum Gasteiger partial charge on any atom is 0.337 e. The highest BCUT2D eigenvalue weighted by Crippen LogP contribution is 2.40. The summed E-state index contributed by atoms with van der Waals surface area (Å²) < 4.78 is 14.6. The Hall–Kier alpha value is -4.30. The van der Waals surface area contributed by atoms with Gasteiger partial charge in [-0.25, -0.2) is 4.79 Å². The molecule has 11 heteroatoms. The van der Waals surface area contributed by atoms with Crippen molar-refractivity contribution in [2.24, 2.45) is 5.92 Å². The molecule has 0 fully saturated rings. The molecule has 2 amide bonds. The van der Waals surface area contributed by atoms with Gasteiger partial charge in [-0.05, 0) is 35.4 Å². The number of carbonyl (C=O) groups is 4. The van der Waals surface area contributed by atoms with Crippen LogP contribution in [-0.4, -0.2) is 50.8 Å². The fraction of sp³-hybridized carbons (Fsp3) is 0.269. The minimum absolute atomic E-state index is 0.0756. The van der Waals surface area contributed by atoms with E-state index in [0.29, 0.717) is 17.9 Å². The number of amides is 2. The Morgan fingerprint density at radius 3 is 2.27 bits per heavy atom. The third-order valence-electron chi connectivity index (χ3n) is 5.67. The highest BCUT2D eigenvalue weighted by molar-refractivity contribution is 8.03. The summed E-state index contributed by atoms with van der Waals surface area (Å²) in [6, 6.07) is 15.4. The van der Waals surface area contributed by atoms with Crippen molar-refractivity contribution in [3.63, 3.8) is 0 Å². The van der Waals surface area contributed by atoms with Crippen molar-refractivity contribution in [2.45, 2.75) is 12.5 Å². The normalized spacial score (nSPS) is 16.8. The average molecular weight is 524 g/mol. The fourth-order valence-electron chi connectivity index (χ4n) is 3.76. The first-order valence-electron chi connectivity index (χ1n) is 11.1. The summed E-state index contributed by atoms with van der Waals surface area (Å²) >= 11 is 0.981. The number of nitrogens with zero attached hydrogens (tertiary/aromatic N) is 1. The zero-order chi connectivity index (χ0) is 26.9. The van der Waals surface area contributed by atoms with Gasteiger partial charge in [0, 0.05) is 12.5 Å². The van der Waals surface area contributed by atoms with Crippen LogP contribution in [0, 0.1) is 17.2 Å². The molecule has 192 valence electrons. The number of allylic oxidation sites excluding steroid dienone is 1. The van der Waals surface area contributed by atoms with Crippen molar-refractivity contribution < 1.29 is 33.4 Å². The molecule has 2 atom stereocenters. The van der Waals surface area contributed by atoms with Crippen LogP contribution in [0.4, 0.5) is 0 Å². The number of benzene rings is 2. The summed E-state index contributed by atoms with van der Waals surface area (Å²) in [6.07, 6.45) is 0. The number of hydrogen-bond donors (Lipinski definition) is 2. The van der Waals surface area contributed by atoms with Gasteiger partial charge in [-0.2, -0.15) is 5.26 Å². The molecule has 37 heavy (non-hydrogen) atoms. The van der Waals surface area contributed by atoms with Crippen molar-refractivity contribution in [2.75, 3.05) is 27.1 Å². The number of nitriles is 1. The van der Waals surface area contributed by atoms with Gasteiger partial charge < -0.3 is 24.8 Å². The lowest BCUT2D eigenvalue weighted by Crippen LogP contribution is -2.44. The Bertz CT molecular complexity index is 1250. The molecule has 0 saturated heterocycles. The lowest BCUT2D eigenvalue weighted by molar-refractivity contribution is -0.150. The minimum Gasteiger partial charge on any atom is -0.497 e. The van der Waals surface area contributed by atoms with Gasteiger partial charge in [-0.3, -0.25) is 14.4 Å². The lowest BCUT2D eigenvalue weighted by Gasteiger charge is -2.31. The number of nitrogens with one attached hydrogen (secondary N) is 2. The average Bonchev–Trinajstić information content (AvgIpc) is 2.93. The van der Waals surface area contributed by atoms with Gasteiger partial charge in [0.2, 0.25) is 11.8 Å². The van der Waals surface area contributed by atoms with E-state index >= 15 is 0 Å². The van der Waals surface area contributed by atoms with Crippen LogP contribution < -0.4 is 15.4 Å². The highest BCUT2D eigenvalue weighted by Gasteiger charge is 2.44. The van der Waals surface area contributed by atoms with E-state index in [1.807, 2.05) is 12.1 Å². The molecule has 2 N–H and O–H groups in total. The topological polar surface area (TPSA) is 144 Å². The van der Waals surface area contributed by atoms with E-state index in [4.69, 9.17) is 14.2 Å². The molecule has 0 aliphatic carbocycles. The van der Waals surface area contributed by atoms with Crippen LogP contribution in [0.3, 0.4) is 0 Å². The molecule has 0 aromatic heterocycles. The summed E-state index contributed by atoms with van der Waals surface area (Å²) in [6.45, 7) is 0.291. The van der Waals surface area contributed by atoms with Gasteiger partial charge in [0.05, 0.1) is 49.3 Å². The third kappa shape index (κ3) is 6.48. The molecule has 10 nitrogen and oxygen atoms in total. The predicted octanol–water partition coefficient (Wildman–Crippen LogP) is 2.27. The van der Waals surface area contributed by atoms with Crippen molar-refractivity contribution in [1.82, 2.24) is 10.6 Å². The summed E-state index contributed by atoms with van der Waals surface area (Å²) in [5.41, 5.74) is 1.70. The maximum absolute atomic E-state index is 12.9. The minimum atomic E-state index is -1.32. The van der Waals surface area contributed by atoms with Crippen molar-refractivity contribution in [3.05, 3.63) is 75.8 Å². The maximum atomic E-state index is 12.9. The van der Waals surface area contributed by atoms with Gasteiger partial charge in [-0.1, -0.05) is 36.0 Å². The van der Waals surface area contributed by atoms with Gasteiger partial charge in [0.15, 0.2) is 0 Å². The van der Waals surface area contributed by atoms with Crippen molar-refractivity contribution in [1.29, 1.82) is 5.26 Å². The van der Waals surface area contributed by atoms with Gasteiger partial charge in [0.1, 0.15) is 11.7 Å². The second-order valence-electron chi connectivity index (χ2n) is 7.85. The molecular formula is C26H25N3O7S. The zero-order valence-corrected chi connectivity index (χ0v) is 21.2. The first-order valence-corrected chi connectivity index (χ1v) is 12.0. The first-order chi connectivity index (χ1) is 17.8. The van der Waals surface area contributed by atoms with E-state index in [0.717, 1.165) is 24.4 Å². The largest absolute Gasteiger partial charge is 0.497 e. The number of hydrogen-bond acceptors (Lipinski definition) is 9. The standard InChI is InChI=1S/C26H25N3O7S/c1-34-18-10-4-15(5-11-18)13-28-20(30)14-37-24-19(12-27)21(22(23(31)29-24)26(33)36-3)16-6-8-17(9-7-16)25(32)35-2/h4-11,21-22H,13-14H2,1-3H3,(H,28,30)(H,29,31)/t21-,22+/m1/s1. The van der Waals surface area contributed by atoms with E-state index in [1.54, 1.807) is 31.4 Å². The quantitative estimate of drug-likeness (QED) is 0.374. The van der Waals surface area contributed by atoms with E-state index < -0.39 is 29.7 Å². The van der Waals surface area contributed by atoms with Gasteiger partial charge >= 0.3 is 11.9 Å². The van der Waals surface area contributed by atoms with Crippen LogP contribution in [0.25, 0.3) is 0 Å². The number of ether oxygens (including phenoxy) is 3. The summed E-state index contributed by atoms with van der Waals surface area (Å²) in [4.78, 5) is 49.7. The fourth-order valence-corrected chi connectivity index (χ4v) is 4.64. The molecule has 0 saturated carbocycles. The molecular weight excluding hydrogens is 498 g/mol. The Labute approximate surface area is 218 Å². The Balaban J connectivity index is 1.81. The number of esters is 2. The van der Waals surface area contributed by atoms with Crippen LogP contribution >= 0.6 is 11.8 Å². The van der Waals surface area contributed by atoms with Crippen LogP contribution in [0.1, 0.15) is 27.4 Å². The third-order valence-corrected chi connectivity index (χ3v) is 6.69. The predicted molar refractivity (Wildman–Crippen MR) is 134 cm³/mol. The molecule has 0 bridgehead atoms. The number of rotatable bonds is 9. The molecule has 1 aliphatic heterocycles. The molecule has 2 aromatic rings. The molecule has 1 aliphatic rings. The number of thioether (sulfide) groups is 1. The van der Waals surface area contributed by atoms with Crippen LogP contribution in [0.5, 0.6) is 5.75 Å². The van der Waals surface area contributed by atoms with E-state index in [-0.39, 0.29) is 27.8 Å². The zero-order valence-electron chi connectivity index (χ0n) is 20.4. The Kier molecular flexibility index (Phi) is 9.29. The van der Waals surface area contributed by atoms with Crippen LogP contribution in [0.2, 0.25) is 0 Å². The molecule has 0 spiro atoms. The Morgan fingerprint density at radius 2 is 1.70 bits per heavy atom.